The monoisotopic (exact) mass is 550 g/mol. The number of aryl methyl sites for hydroxylation is 1. The Kier molecular flexibility index (Phi) is 9.11. The molecule has 1 saturated heterocycles. The minimum Gasteiger partial charge on any atom is -0.496 e. The number of ether oxygens (including phenoxy) is 4. The Bertz CT molecular complexity index is 1190. The highest BCUT2D eigenvalue weighted by molar-refractivity contribution is 6.90. The summed E-state index contributed by atoms with van der Waals surface area (Å²) < 4.78 is 24.4. The van der Waals surface area contributed by atoms with Crippen molar-refractivity contribution in [2.75, 3.05) is 27.4 Å². The van der Waals surface area contributed by atoms with Crippen LogP contribution >= 0.6 is 0 Å². The fourth-order valence-electron chi connectivity index (χ4n) is 7.50. The summed E-state index contributed by atoms with van der Waals surface area (Å²) in [6.07, 6.45) is 6.08. The van der Waals surface area contributed by atoms with Crippen molar-refractivity contribution in [2.24, 2.45) is 0 Å². The molecular weight excluding hydrogens is 500 g/mol. The average Bonchev–Trinajstić information content (AvgIpc) is 2.91. The van der Waals surface area contributed by atoms with E-state index in [-0.39, 0.29) is 5.41 Å². The summed E-state index contributed by atoms with van der Waals surface area (Å²) in [4.78, 5) is 0. The van der Waals surface area contributed by atoms with Gasteiger partial charge < -0.3 is 18.9 Å². The van der Waals surface area contributed by atoms with Crippen molar-refractivity contribution in [3.05, 3.63) is 35.4 Å². The van der Waals surface area contributed by atoms with Crippen LogP contribution in [0, 0.1) is 11.5 Å². The third kappa shape index (κ3) is 5.63. The zero-order valence-corrected chi connectivity index (χ0v) is 26.8. The van der Waals surface area contributed by atoms with E-state index in [1.165, 1.54) is 17.5 Å². The van der Waals surface area contributed by atoms with E-state index in [0.29, 0.717) is 29.8 Å². The van der Waals surface area contributed by atoms with Crippen molar-refractivity contribution < 1.29 is 18.9 Å². The van der Waals surface area contributed by atoms with Crippen LogP contribution < -0.4 is 9.47 Å². The second-order valence-corrected chi connectivity index (χ2v) is 18.5. The van der Waals surface area contributed by atoms with E-state index in [9.17, 15) is 0 Å². The lowest BCUT2D eigenvalue weighted by atomic mass is 9.68. The summed E-state index contributed by atoms with van der Waals surface area (Å²) in [5, 5.41) is 2.24. The molecule has 1 atom stereocenters. The molecule has 1 fully saturated rings. The molecule has 0 amide bonds. The topological polar surface area (TPSA) is 36.9 Å². The predicted octanol–water partition coefficient (Wildman–Crippen LogP) is 8.59. The zero-order valence-electron chi connectivity index (χ0n) is 25.8. The van der Waals surface area contributed by atoms with E-state index in [1.54, 1.807) is 14.2 Å². The minimum absolute atomic E-state index is 0.0113. The first-order chi connectivity index (χ1) is 18.5. The van der Waals surface area contributed by atoms with Crippen molar-refractivity contribution in [3.63, 3.8) is 0 Å². The number of hydrogen-bond donors (Lipinski definition) is 0. The van der Waals surface area contributed by atoms with Crippen LogP contribution in [0.3, 0.4) is 0 Å². The van der Waals surface area contributed by atoms with Crippen LogP contribution in [0.25, 0.3) is 10.8 Å². The fourth-order valence-corrected chi connectivity index (χ4v) is 12.8. The lowest BCUT2D eigenvalue weighted by Crippen LogP contribution is -2.46. The molecule has 2 aromatic carbocycles. The summed E-state index contributed by atoms with van der Waals surface area (Å²) in [6, 6.07) is 8.71. The highest BCUT2D eigenvalue weighted by atomic mass is 28.3. The third-order valence-corrected chi connectivity index (χ3v) is 16.0. The van der Waals surface area contributed by atoms with Crippen LogP contribution in [0.1, 0.15) is 91.7 Å². The molecule has 0 bridgehead atoms. The minimum atomic E-state index is -1.90. The molecule has 0 aromatic heterocycles. The normalized spacial score (nSPS) is 21.1. The Hall–Kier alpha value is -2.00. The summed E-state index contributed by atoms with van der Waals surface area (Å²) in [7, 11) is 1.59. The molecule has 214 valence electrons. The number of benzene rings is 2. The number of methoxy groups -OCH3 is 2. The highest BCUT2D eigenvalue weighted by Gasteiger charge is 2.44. The first-order valence-electron chi connectivity index (χ1n) is 15.0. The van der Waals surface area contributed by atoms with E-state index in [2.05, 4.69) is 72.1 Å². The van der Waals surface area contributed by atoms with Gasteiger partial charge in [0.05, 0.1) is 27.4 Å². The van der Waals surface area contributed by atoms with Gasteiger partial charge in [-0.1, -0.05) is 48.5 Å². The molecule has 5 heteroatoms. The quantitative estimate of drug-likeness (QED) is 0.244. The molecule has 2 aromatic rings. The van der Waals surface area contributed by atoms with Crippen molar-refractivity contribution in [3.8, 4) is 23.0 Å². The Morgan fingerprint density at radius 3 is 1.95 bits per heavy atom. The largest absolute Gasteiger partial charge is 0.496 e. The lowest BCUT2D eigenvalue weighted by molar-refractivity contribution is -0.234. The van der Waals surface area contributed by atoms with E-state index in [4.69, 9.17) is 18.9 Å². The molecule has 0 radical (unpaired) electrons. The van der Waals surface area contributed by atoms with E-state index in [0.717, 1.165) is 54.4 Å². The van der Waals surface area contributed by atoms with Gasteiger partial charge in [-0.25, -0.2) is 0 Å². The lowest BCUT2D eigenvalue weighted by Gasteiger charge is -2.41. The van der Waals surface area contributed by atoms with Crippen LogP contribution in [0.15, 0.2) is 24.3 Å². The van der Waals surface area contributed by atoms with Gasteiger partial charge in [0.25, 0.3) is 0 Å². The molecule has 1 heterocycles. The summed E-state index contributed by atoms with van der Waals surface area (Å²) in [5.74, 6) is 4.67. The Balaban J connectivity index is 1.72. The van der Waals surface area contributed by atoms with Crippen molar-refractivity contribution in [1.29, 1.82) is 0 Å². The highest BCUT2D eigenvalue weighted by Crippen LogP contribution is 2.47. The first kappa shape index (κ1) is 30.0. The Morgan fingerprint density at radius 2 is 1.41 bits per heavy atom. The first-order valence-corrected chi connectivity index (χ1v) is 17.3. The second-order valence-electron chi connectivity index (χ2n) is 12.9. The van der Waals surface area contributed by atoms with E-state index < -0.39 is 13.9 Å². The predicted molar refractivity (Wildman–Crippen MR) is 165 cm³/mol. The molecule has 0 spiro atoms. The molecule has 1 aliphatic carbocycles. The Labute approximate surface area is 238 Å². The van der Waals surface area contributed by atoms with Crippen LogP contribution in [-0.2, 0) is 21.3 Å². The zero-order chi connectivity index (χ0) is 28.4. The second kappa shape index (κ2) is 11.8. The number of rotatable bonds is 8. The van der Waals surface area contributed by atoms with Crippen molar-refractivity contribution >= 4 is 18.8 Å². The molecule has 4 nitrogen and oxygen atoms in total. The number of fused-ring (bicyclic) bond motifs is 2. The van der Waals surface area contributed by atoms with Gasteiger partial charge in [0, 0.05) is 17.2 Å². The molecule has 4 rings (SSSR count). The molecule has 0 unspecified atom stereocenters. The van der Waals surface area contributed by atoms with Crippen LogP contribution in [0.5, 0.6) is 11.5 Å². The summed E-state index contributed by atoms with van der Waals surface area (Å²) >= 11 is 0. The third-order valence-electron chi connectivity index (χ3n) is 9.73. The maximum absolute atomic E-state index is 6.45. The maximum atomic E-state index is 6.45. The van der Waals surface area contributed by atoms with Crippen LogP contribution in [-0.4, -0.2) is 41.3 Å². The average molecular weight is 551 g/mol. The van der Waals surface area contributed by atoms with E-state index in [1.807, 2.05) is 12.1 Å². The van der Waals surface area contributed by atoms with Gasteiger partial charge in [-0.15, -0.1) is 5.54 Å². The van der Waals surface area contributed by atoms with Gasteiger partial charge in [0.15, 0.2) is 0 Å². The molecular formula is C34H50O4Si. The maximum Gasteiger partial charge on any atom is 0.232 e. The van der Waals surface area contributed by atoms with Crippen molar-refractivity contribution in [1.82, 2.24) is 0 Å². The smallest absolute Gasteiger partial charge is 0.232 e. The van der Waals surface area contributed by atoms with Gasteiger partial charge >= 0.3 is 0 Å². The van der Waals surface area contributed by atoms with Crippen LogP contribution in [0.4, 0.5) is 0 Å². The standard InChI is InChI=1S/C34H50O4Si/c1-24(2)39(25(3)4,26(5)6)21-18-34(37-19-11-20-38-34)17-16-33(7)15-10-12-27-22-28-29(23-30(27)33)32(36-9)14-13-31(28)35-8/h13-14,22-26H,10-12,15-17,19-20H2,1-9H3/t33-/m0/s1. The Morgan fingerprint density at radius 1 is 0.846 bits per heavy atom. The molecule has 0 N–H and O–H groups in total. The van der Waals surface area contributed by atoms with Gasteiger partial charge in [0.2, 0.25) is 5.79 Å². The molecule has 39 heavy (non-hydrogen) atoms. The van der Waals surface area contributed by atoms with Gasteiger partial charge in [-0.3, -0.25) is 0 Å². The van der Waals surface area contributed by atoms with Crippen molar-refractivity contribution in [2.45, 2.75) is 115 Å². The number of hydrogen-bond acceptors (Lipinski definition) is 4. The van der Waals surface area contributed by atoms with Crippen LogP contribution in [0.2, 0.25) is 16.6 Å². The van der Waals surface area contributed by atoms with Gasteiger partial charge in [-0.2, -0.15) is 0 Å². The van der Waals surface area contributed by atoms with E-state index >= 15 is 0 Å². The molecule has 2 aliphatic rings. The fraction of sp³-hybridized carbons (Fsp3) is 0.647. The summed E-state index contributed by atoms with van der Waals surface area (Å²) in [5.41, 5.74) is 8.50. The summed E-state index contributed by atoms with van der Waals surface area (Å²) in [6.45, 7) is 18.0. The SMILES string of the molecule is COc1ccc(OC)c2cc3c(cc12)CCC[C@@]3(C)CCC1(C#C[Si](C(C)C)(C(C)C)C(C)C)OCCCO1. The molecule has 0 saturated carbocycles. The van der Waals surface area contributed by atoms with Gasteiger partial charge in [-0.05, 0) is 95.5 Å². The molecule has 1 aliphatic heterocycles. The van der Waals surface area contributed by atoms with Gasteiger partial charge in [0.1, 0.15) is 19.6 Å².